The van der Waals surface area contributed by atoms with Crippen molar-refractivity contribution in [3.8, 4) is 17.2 Å². The minimum absolute atomic E-state index is 0.0583. The zero-order valence-electron chi connectivity index (χ0n) is 14.5. The van der Waals surface area contributed by atoms with E-state index in [1.54, 1.807) is 7.05 Å². The Bertz CT molecular complexity index is 896. The quantitative estimate of drug-likeness (QED) is 0.611. The van der Waals surface area contributed by atoms with Crippen molar-refractivity contribution in [2.75, 3.05) is 13.7 Å². The standard InChI is InChI=1S/C19H18BrN3O3/c1-13-10-15(8-9-16(13)20)25-12-18(24)23(2)11-17-21-22-19(26-17)14-6-4-3-5-7-14/h3-10H,11-12H2,1-2H3. The zero-order chi connectivity index (χ0) is 18.5. The molecule has 3 aromatic rings. The summed E-state index contributed by atoms with van der Waals surface area (Å²) >= 11 is 3.43. The Morgan fingerprint density at radius 3 is 2.69 bits per heavy atom. The topological polar surface area (TPSA) is 68.5 Å². The van der Waals surface area contributed by atoms with Crippen molar-refractivity contribution in [3.63, 3.8) is 0 Å². The second-order valence-corrected chi connectivity index (χ2v) is 6.67. The lowest BCUT2D eigenvalue weighted by molar-refractivity contribution is -0.132. The highest BCUT2D eigenvalue weighted by Gasteiger charge is 2.15. The van der Waals surface area contributed by atoms with Gasteiger partial charge < -0.3 is 14.1 Å². The zero-order valence-corrected chi connectivity index (χ0v) is 16.1. The molecule has 6 nitrogen and oxygen atoms in total. The van der Waals surface area contributed by atoms with Gasteiger partial charge in [-0.3, -0.25) is 4.79 Å². The minimum atomic E-state index is -0.176. The van der Waals surface area contributed by atoms with Crippen LogP contribution in [0.3, 0.4) is 0 Å². The van der Waals surface area contributed by atoms with Crippen LogP contribution in [0, 0.1) is 6.92 Å². The first-order chi connectivity index (χ1) is 12.5. The van der Waals surface area contributed by atoms with Crippen LogP contribution in [-0.2, 0) is 11.3 Å². The molecule has 0 saturated carbocycles. The molecule has 0 saturated heterocycles. The molecule has 0 fully saturated rings. The van der Waals surface area contributed by atoms with Gasteiger partial charge in [-0.05, 0) is 42.8 Å². The molecule has 7 heteroatoms. The minimum Gasteiger partial charge on any atom is -0.484 e. The molecule has 0 N–H and O–H groups in total. The maximum Gasteiger partial charge on any atom is 0.260 e. The first-order valence-corrected chi connectivity index (χ1v) is 8.83. The van der Waals surface area contributed by atoms with Crippen molar-refractivity contribution in [1.29, 1.82) is 0 Å². The highest BCUT2D eigenvalue weighted by molar-refractivity contribution is 9.10. The largest absolute Gasteiger partial charge is 0.484 e. The molecule has 0 spiro atoms. The third-order valence-corrected chi connectivity index (χ3v) is 4.67. The van der Waals surface area contributed by atoms with Crippen LogP contribution < -0.4 is 4.74 Å². The third kappa shape index (κ3) is 4.49. The second kappa shape index (κ2) is 8.14. The highest BCUT2D eigenvalue weighted by atomic mass is 79.9. The molecule has 1 aromatic heterocycles. The van der Waals surface area contributed by atoms with Crippen molar-refractivity contribution in [1.82, 2.24) is 15.1 Å². The molecular weight excluding hydrogens is 398 g/mol. The predicted molar refractivity (Wildman–Crippen MR) is 101 cm³/mol. The SMILES string of the molecule is Cc1cc(OCC(=O)N(C)Cc2nnc(-c3ccccc3)o2)ccc1Br. The molecule has 2 aromatic carbocycles. The first kappa shape index (κ1) is 18.1. The van der Waals surface area contributed by atoms with Gasteiger partial charge in [-0.2, -0.15) is 0 Å². The van der Waals surface area contributed by atoms with Crippen molar-refractivity contribution in [3.05, 3.63) is 64.5 Å². The third-order valence-electron chi connectivity index (χ3n) is 3.78. The van der Waals surface area contributed by atoms with Gasteiger partial charge in [0.25, 0.3) is 5.91 Å². The number of amides is 1. The second-order valence-electron chi connectivity index (χ2n) is 5.82. The summed E-state index contributed by atoms with van der Waals surface area (Å²) in [5.74, 6) is 1.28. The van der Waals surface area contributed by atoms with E-state index in [4.69, 9.17) is 9.15 Å². The number of ether oxygens (including phenoxy) is 1. The molecule has 26 heavy (non-hydrogen) atoms. The van der Waals surface area contributed by atoms with Crippen molar-refractivity contribution in [2.24, 2.45) is 0 Å². The van der Waals surface area contributed by atoms with Crippen LogP contribution in [0.4, 0.5) is 0 Å². The van der Waals surface area contributed by atoms with E-state index in [0.29, 0.717) is 17.5 Å². The van der Waals surface area contributed by atoms with E-state index in [-0.39, 0.29) is 19.1 Å². The maximum atomic E-state index is 12.3. The summed E-state index contributed by atoms with van der Waals surface area (Å²) < 4.78 is 12.2. The summed E-state index contributed by atoms with van der Waals surface area (Å²) in [6, 6.07) is 15.1. The van der Waals surface area contributed by atoms with E-state index < -0.39 is 0 Å². The van der Waals surface area contributed by atoms with Gasteiger partial charge in [-0.25, -0.2) is 0 Å². The molecule has 3 rings (SSSR count). The van der Waals surface area contributed by atoms with E-state index in [9.17, 15) is 4.79 Å². The summed E-state index contributed by atoms with van der Waals surface area (Å²) in [6.07, 6.45) is 0. The predicted octanol–water partition coefficient (Wildman–Crippen LogP) is 3.84. The van der Waals surface area contributed by atoms with Crippen LogP contribution in [0.25, 0.3) is 11.5 Å². The summed E-state index contributed by atoms with van der Waals surface area (Å²) in [5, 5.41) is 8.02. The Kier molecular flexibility index (Phi) is 5.68. The average Bonchev–Trinajstić information content (AvgIpc) is 3.11. The molecule has 0 atom stereocenters. The summed E-state index contributed by atoms with van der Waals surface area (Å²) in [5.41, 5.74) is 1.89. The van der Waals surface area contributed by atoms with Gasteiger partial charge in [0.1, 0.15) is 5.75 Å². The normalized spacial score (nSPS) is 10.6. The number of hydrogen-bond donors (Lipinski definition) is 0. The van der Waals surface area contributed by atoms with Gasteiger partial charge in [0.05, 0.1) is 6.54 Å². The Morgan fingerprint density at radius 1 is 1.19 bits per heavy atom. The van der Waals surface area contributed by atoms with E-state index in [0.717, 1.165) is 15.6 Å². The van der Waals surface area contributed by atoms with Crippen LogP contribution in [0.1, 0.15) is 11.5 Å². The Balaban J connectivity index is 1.56. The number of aromatic nitrogens is 2. The molecule has 0 unspecified atom stereocenters. The number of carbonyl (C=O) groups is 1. The number of carbonyl (C=O) groups excluding carboxylic acids is 1. The number of benzene rings is 2. The maximum absolute atomic E-state index is 12.3. The number of likely N-dealkylation sites (N-methyl/N-ethyl adjacent to an activating group) is 1. The number of halogens is 1. The van der Waals surface area contributed by atoms with Gasteiger partial charge in [-0.15, -0.1) is 10.2 Å². The lowest BCUT2D eigenvalue weighted by Gasteiger charge is -2.15. The van der Waals surface area contributed by atoms with Gasteiger partial charge in [-0.1, -0.05) is 34.1 Å². The van der Waals surface area contributed by atoms with Crippen molar-refractivity contribution < 1.29 is 13.9 Å². The summed E-state index contributed by atoms with van der Waals surface area (Å²) in [7, 11) is 1.67. The Morgan fingerprint density at radius 2 is 1.96 bits per heavy atom. The number of rotatable bonds is 6. The number of nitrogens with zero attached hydrogens (tertiary/aromatic N) is 3. The van der Waals surface area contributed by atoms with Gasteiger partial charge in [0, 0.05) is 17.1 Å². The summed E-state index contributed by atoms with van der Waals surface area (Å²) in [4.78, 5) is 13.7. The van der Waals surface area contributed by atoms with E-state index in [2.05, 4.69) is 26.1 Å². The van der Waals surface area contributed by atoms with Gasteiger partial charge in [0.15, 0.2) is 6.61 Å². The molecule has 0 aliphatic heterocycles. The fourth-order valence-electron chi connectivity index (χ4n) is 2.27. The molecule has 1 heterocycles. The lowest BCUT2D eigenvalue weighted by Crippen LogP contribution is -2.31. The van der Waals surface area contributed by atoms with E-state index in [1.165, 1.54) is 4.90 Å². The van der Waals surface area contributed by atoms with Crippen LogP contribution in [0.2, 0.25) is 0 Å². The number of aryl methyl sites for hydroxylation is 1. The van der Waals surface area contributed by atoms with Crippen LogP contribution >= 0.6 is 15.9 Å². The van der Waals surface area contributed by atoms with Crippen molar-refractivity contribution >= 4 is 21.8 Å². The summed E-state index contributed by atoms with van der Waals surface area (Å²) in [6.45, 7) is 2.13. The Hall–Kier alpha value is -2.67. The smallest absolute Gasteiger partial charge is 0.260 e. The fraction of sp³-hybridized carbons (Fsp3) is 0.211. The van der Waals surface area contributed by atoms with Gasteiger partial charge >= 0.3 is 0 Å². The molecule has 0 radical (unpaired) electrons. The molecule has 0 aliphatic carbocycles. The van der Waals surface area contributed by atoms with Crippen LogP contribution in [0.5, 0.6) is 5.75 Å². The Labute approximate surface area is 159 Å². The van der Waals surface area contributed by atoms with Crippen LogP contribution in [0.15, 0.2) is 57.4 Å². The molecule has 134 valence electrons. The van der Waals surface area contributed by atoms with Crippen LogP contribution in [-0.4, -0.2) is 34.7 Å². The number of hydrogen-bond acceptors (Lipinski definition) is 5. The first-order valence-electron chi connectivity index (χ1n) is 8.03. The average molecular weight is 416 g/mol. The monoisotopic (exact) mass is 415 g/mol. The molecule has 0 aliphatic rings. The van der Waals surface area contributed by atoms with E-state index >= 15 is 0 Å². The molecule has 1 amide bonds. The van der Waals surface area contributed by atoms with Crippen molar-refractivity contribution in [2.45, 2.75) is 13.5 Å². The van der Waals surface area contributed by atoms with Gasteiger partial charge in [0.2, 0.25) is 11.8 Å². The van der Waals surface area contributed by atoms with E-state index in [1.807, 2.05) is 55.5 Å². The highest BCUT2D eigenvalue weighted by Crippen LogP contribution is 2.21. The lowest BCUT2D eigenvalue weighted by atomic mass is 10.2. The molecule has 0 bridgehead atoms. The molecular formula is C19H18BrN3O3. The fourth-order valence-corrected chi connectivity index (χ4v) is 2.51.